The van der Waals surface area contributed by atoms with Crippen LogP contribution in [-0.2, 0) is 24.4 Å². The van der Waals surface area contributed by atoms with Gasteiger partial charge in [-0.1, -0.05) is 5.21 Å². The lowest BCUT2D eigenvalue weighted by Crippen LogP contribution is -2.42. The first-order valence-corrected chi connectivity index (χ1v) is 8.71. The van der Waals surface area contributed by atoms with Gasteiger partial charge in [0.15, 0.2) is 0 Å². The monoisotopic (exact) mass is 329 g/mol. The third-order valence-electron chi connectivity index (χ3n) is 4.78. The Bertz CT molecular complexity index is 677. The molecule has 4 rings (SSSR count). The maximum atomic E-state index is 12.5. The average Bonchev–Trinajstić information content (AvgIpc) is 3.01. The van der Waals surface area contributed by atoms with E-state index in [1.807, 2.05) is 23.0 Å². The molecule has 1 amide bonds. The minimum Gasteiger partial charge on any atom is -0.467 e. The zero-order valence-corrected chi connectivity index (χ0v) is 13.7. The molecule has 1 atom stereocenters. The fourth-order valence-corrected chi connectivity index (χ4v) is 3.29. The maximum absolute atomic E-state index is 12.5. The number of furan rings is 1. The lowest BCUT2D eigenvalue weighted by atomic mass is 10.2. The molecule has 2 fully saturated rings. The standard InChI is InChI=1S/C17H23N5O2/c23-17(18-9-15-3-2-8-24-15)16-4-1-7-21(16)11-14-12-22(20-19-14)10-13-5-6-13/h2-3,8,12-13,16H,1,4-7,9-11H2,(H,18,23). The van der Waals surface area contributed by atoms with E-state index in [9.17, 15) is 4.79 Å². The van der Waals surface area contributed by atoms with Gasteiger partial charge in [-0.25, -0.2) is 0 Å². The summed E-state index contributed by atoms with van der Waals surface area (Å²) in [6.07, 6.45) is 8.18. The van der Waals surface area contributed by atoms with Crippen molar-refractivity contribution in [3.8, 4) is 0 Å². The van der Waals surface area contributed by atoms with Gasteiger partial charge >= 0.3 is 0 Å². The number of rotatable bonds is 7. The highest BCUT2D eigenvalue weighted by Gasteiger charge is 2.31. The highest BCUT2D eigenvalue weighted by molar-refractivity contribution is 5.81. The highest BCUT2D eigenvalue weighted by Crippen LogP contribution is 2.30. The predicted octanol–water partition coefficient (Wildman–Crippen LogP) is 1.56. The van der Waals surface area contributed by atoms with Crippen molar-refractivity contribution in [1.29, 1.82) is 0 Å². The van der Waals surface area contributed by atoms with E-state index in [1.165, 1.54) is 12.8 Å². The van der Waals surface area contributed by atoms with Crippen LogP contribution in [0.4, 0.5) is 0 Å². The van der Waals surface area contributed by atoms with Crippen molar-refractivity contribution in [1.82, 2.24) is 25.2 Å². The third-order valence-corrected chi connectivity index (χ3v) is 4.78. The molecule has 3 heterocycles. The fourth-order valence-electron chi connectivity index (χ4n) is 3.29. The van der Waals surface area contributed by atoms with Crippen LogP contribution < -0.4 is 5.32 Å². The number of nitrogens with one attached hydrogen (secondary N) is 1. The summed E-state index contributed by atoms with van der Waals surface area (Å²) in [5.41, 5.74) is 0.946. The van der Waals surface area contributed by atoms with E-state index in [-0.39, 0.29) is 11.9 Å². The molecule has 0 bridgehead atoms. The van der Waals surface area contributed by atoms with Gasteiger partial charge in [0.05, 0.1) is 24.5 Å². The molecule has 7 nitrogen and oxygen atoms in total. The van der Waals surface area contributed by atoms with Gasteiger partial charge in [0.1, 0.15) is 5.76 Å². The summed E-state index contributed by atoms with van der Waals surface area (Å²) in [4.78, 5) is 14.7. The molecule has 0 spiro atoms. The van der Waals surface area contributed by atoms with Gasteiger partial charge in [-0.15, -0.1) is 5.10 Å². The van der Waals surface area contributed by atoms with Gasteiger partial charge in [0.2, 0.25) is 5.91 Å². The molecule has 128 valence electrons. The molecule has 0 aromatic carbocycles. The molecule has 24 heavy (non-hydrogen) atoms. The van der Waals surface area contributed by atoms with Crippen molar-refractivity contribution in [2.45, 2.75) is 51.4 Å². The van der Waals surface area contributed by atoms with E-state index in [0.717, 1.165) is 43.3 Å². The molecule has 1 saturated heterocycles. The summed E-state index contributed by atoms with van der Waals surface area (Å²) < 4.78 is 7.20. The molecule has 0 radical (unpaired) electrons. The van der Waals surface area contributed by atoms with Gasteiger partial charge < -0.3 is 9.73 Å². The van der Waals surface area contributed by atoms with Crippen molar-refractivity contribution in [2.24, 2.45) is 5.92 Å². The van der Waals surface area contributed by atoms with E-state index in [2.05, 4.69) is 20.5 Å². The molecule has 1 saturated carbocycles. The van der Waals surface area contributed by atoms with Crippen LogP contribution in [0.3, 0.4) is 0 Å². The van der Waals surface area contributed by atoms with E-state index < -0.39 is 0 Å². The second kappa shape index (κ2) is 6.76. The summed E-state index contributed by atoms with van der Waals surface area (Å²) in [5.74, 6) is 1.62. The number of amides is 1. The Morgan fingerprint density at radius 3 is 3.08 bits per heavy atom. The molecule has 1 unspecified atom stereocenters. The van der Waals surface area contributed by atoms with Gasteiger partial charge in [-0.3, -0.25) is 14.4 Å². The molecule has 2 aromatic rings. The predicted molar refractivity (Wildman–Crippen MR) is 86.7 cm³/mol. The van der Waals surface area contributed by atoms with Crippen LogP contribution in [-0.4, -0.2) is 38.4 Å². The molecule has 2 aromatic heterocycles. The van der Waals surface area contributed by atoms with Gasteiger partial charge in [-0.05, 0) is 50.3 Å². The van der Waals surface area contributed by atoms with Crippen LogP contribution in [0, 0.1) is 5.92 Å². The van der Waals surface area contributed by atoms with Crippen molar-refractivity contribution in [2.75, 3.05) is 6.54 Å². The van der Waals surface area contributed by atoms with Crippen LogP contribution in [0.5, 0.6) is 0 Å². The first-order valence-electron chi connectivity index (χ1n) is 8.71. The number of nitrogens with zero attached hydrogens (tertiary/aromatic N) is 4. The molecule has 7 heteroatoms. The Balaban J connectivity index is 1.31. The Kier molecular flexibility index (Phi) is 4.34. The minimum absolute atomic E-state index is 0.0641. The molecule has 1 aliphatic carbocycles. The van der Waals surface area contributed by atoms with Crippen molar-refractivity contribution < 1.29 is 9.21 Å². The molecular weight excluding hydrogens is 306 g/mol. The molecule has 1 aliphatic heterocycles. The lowest BCUT2D eigenvalue weighted by Gasteiger charge is -2.22. The number of hydrogen-bond donors (Lipinski definition) is 1. The zero-order valence-electron chi connectivity index (χ0n) is 13.7. The minimum atomic E-state index is -0.0893. The summed E-state index contributed by atoms with van der Waals surface area (Å²) in [7, 11) is 0. The molecule has 1 N–H and O–H groups in total. The van der Waals surface area contributed by atoms with Crippen molar-refractivity contribution in [3.05, 3.63) is 36.0 Å². The SMILES string of the molecule is O=C(NCc1ccco1)C1CCCN1Cc1cn(CC2CC2)nn1. The largest absolute Gasteiger partial charge is 0.467 e. The number of carbonyl (C=O) groups is 1. The Morgan fingerprint density at radius 2 is 2.29 bits per heavy atom. The second-order valence-electron chi connectivity index (χ2n) is 6.80. The van der Waals surface area contributed by atoms with Crippen molar-refractivity contribution >= 4 is 5.91 Å². The van der Waals surface area contributed by atoms with Crippen LogP contribution in [0.2, 0.25) is 0 Å². The van der Waals surface area contributed by atoms with Crippen LogP contribution in [0.15, 0.2) is 29.0 Å². The van der Waals surface area contributed by atoms with Crippen LogP contribution in [0.1, 0.15) is 37.1 Å². The topological polar surface area (TPSA) is 76.2 Å². The average molecular weight is 329 g/mol. The van der Waals surface area contributed by atoms with E-state index in [1.54, 1.807) is 6.26 Å². The van der Waals surface area contributed by atoms with Crippen LogP contribution in [0.25, 0.3) is 0 Å². The molecule has 2 aliphatic rings. The summed E-state index contributed by atoms with van der Waals surface area (Å²) >= 11 is 0. The summed E-state index contributed by atoms with van der Waals surface area (Å²) in [6.45, 7) is 3.02. The Labute approximate surface area is 141 Å². The summed E-state index contributed by atoms with van der Waals surface area (Å²) in [6, 6.07) is 3.60. The summed E-state index contributed by atoms with van der Waals surface area (Å²) in [5, 5.41) is 11.4. The van der Waals surface area contributed by atoms with E-state index in [4.69, 9.17) is 4.42 Å². The van der Waals surface area contributed by atoms with Crippen LogP contribution >= 0.6 is 0 Å². The second-order valence-corrected chi connectivity index (χ2v) is 6.80. The molecular formula is C17H23N5O2. The van der Waals surface area contributed by atoms with Gasteiger partial charge in [0, 0.05) is 19.3 Å². The highest BCUT2D eigenvalue weighted by atomic mass is 16.3. The van der Waals surface area contributed by atoms with Gasteiger partial charge in [-0.2, -0.15) is 0 Å². The van der Waals surface area contributed by atoms with E-state index in [0.29, 0.717) is 13.1 Å². The number of likely N-dealkylation sites (tertiary alicyclic amines) is 1. The van der Waals surface area contributed by atoms with Crippen molar-refractivity contribution in [3.63, 3.8) is 0 Å². The Hall–Kier alpha value is -2.15. The fraction of sp³-hybridized carbons (Fsp3) is 0.588. The Morgan fingerprint density at radius 1 is 1.38 bits per heavy atom. The van der Waals surface area contributed by atoms with Gasteiger partial charge in [0.25, 0.3) is 0 Å². The number of hydrogen-bond acceptors (Lipinski definition) is 5. The zero-order chi connectivity index (χ0) is 16.4. The maximum Gasteiger partial charge on any atom is 0.237 e. The lowest BCUT2D eigenvalue weighted by molar-refractivity contribution is -0.125. The quantitative estimate of drug-likeness (QED) is 0.834. The van der Waals surface area contributed by atoms with E-state index >= 15 is 0 Å². The number of aromatic nitrogens is 3. The first kappa shape index (κ1) is 15.4. The third kappa shape index (κ3) is 3.67. The smallest absolute Gasteiger partial charge is 0.237 e. The normalized spacial score (nSPS) is 21.2. The first-order chi connectivity index (χ1) is 11.8. The number of carbonyl (C=O) groups excluding carboxylic acids is 1.